The molecular weight excluding hydrogens is 356 g/mol. The summed E-state index contributed by atoms with van der Waals surface area (Å²) >= 11 is 10.0. The van der Waals surface area contributed by atoms with Crippen molar-refractivity contribution in [3.63, 3.8) is 0 Å². The van der Waals surface area contributed by atoms with E-state index in [9.17, 15) is 0 Å². The number of halogens is 3. The van der Waals surface area contributed by atoms with Gasteiger partial charge in [0.25, 0.3) is 0 Å². The number of aromatic nitrogens is 2. The summed E-state index contributed by atoms with van der Waals surface area (Å²) in [5.74, 6) is 0. The van der Waals surface area contributed by atoms with Gasteiger partial charge in [-0.15, -0.1) is 0 Å². The van der Waals surface area contributed by atoms with E-state index in [-0.39, 0.29) is 0 Å². The fourth-order valence-electron chi connectivity index (χ4n) is 0.753. The normalized spacial score (nSPS) is 10.7. The maximum Gasteiger partial charge on any atom is 0.179 e. The van der Waals surface area contributed by atoms with Gasteiger partial charge in [0.1, 0.15) is 9.21 Å². The highest BCUT2D eigenvalue weighted by atomic mass is 79.9. The molecule has 0 bridgehead atoms. The van der Waals surface area contributed by atoms with Gasteiger partial charge in [-0.05, 0) is 47.8 Å². The summed E-state index contributed by atoms with van der Waals surface area (Å²) in [7, 11) is 1.67. The van der Waals surface area contributed by atoms with Crippen LogP contribution in [0.3, 0.4) is 0 Å². The van der Waals surface area contributed by atoms with E-state index in [1.54, 1.807) is 7.11 Å². The van der Waals surface area contributed by atoms with Crippen LogP contribution in [-0.4, -0.2) is 23.3 Å². The van der Waals surface area contributed by atoms with Gasteiger partial charge in [0.05, 0.1) is 6.61 Å². The average Bonchev–Trinajstić information content (AvgIpc) is 2.25. The Morgan fingerprint density at radius 2 is 2.08 bits per heavy atom. The molecule has 1 rings (SSSR count). The number of methoxy groups -OCH3 is 1. The molecular formula is C6H7Br3N2O. The number of hydrogen-bond donors (Lipinski definition) is 0. The summed E-state index contributed by atoms with van der Waals surface area (Å²) in [6.45, 7) is 1.44. The first-order valence-corrected chi connectivity index (χ1v) is 5.60. The highest BCUT2D eigenvalue weighted by molar-refractivity contribution is 9.13. The first kappa shape index (κ1) is 10.7. The monoisotopic (exact) mass is 360 g/mol. The van der Waals surface area contributed by atoms with Crippen LogP contribution in [0.5, 0.6) is 0 Å². The van der Waals surface area contributed by atoms with Gasteiger partial charge in [0, 0.05) is 13.7 Å². The zero-order valence-corrected chi connectivity index (χ0v) is 11.1. The fourth-order valence-corrected chi connectivity index (χ4v) is 2.58. The molecule has 0 radical (unpaired) electrons. The van der Waals surface area contributed by atoms with Gasteiger partial charge in [0.15, 0.2) is 4.73 Å². The van der Waals surface area contributed by atoms with Crippen LogP contribution in [0.15, 0.2) is 13.9 Å². The molecule has 0 aliphatic carbocycles. The van der Waals surface area contributed by atoms with Crippen molar-refractivity contribution in [1.29, 1.82) is 0 Å². The Kier molecular flexibility index (Phi) is 4.22. The number of ether oxygens (including phenoxy) is 1. The summed E-state index contributed by atoms with van der Waals surface area (Å²) in [5, 5.41) is 0. The standard InChI is InChI=1S/C6H7Br3N2O/c1-12-3-2-11-5(8)4(7)10-6(11)9/h2-3H2,1H3. The first-order chi connectivity index (χ1) is 5.66. The van der Waals surface area contributed by atoms with E-state index < -0.39 is 0 Å². The van der Waals surface area contributed by atoms with Crippen molar-refractivity contribution in [2.24, 2.45) is 0 Å². The van der Waals surface area contributed by atoms with Gasteiger partial charge in [-0.3, -0.25) is 0 Å². The molecule has 0 saturated heterocycles. The molecule has 6 heteroatoms. The zero-order valence-electron chi connectivity index (χ0n) is 6.35. The molecule has 3 nitrogen and oxygen atoms in total. The van der Waals surface area contributed by atoms with Crippen molar-refractivity contribution in [2.45, 2.75) is 6.54 Å². The zero-order chi connectivity index (χ0) is 9.14. The lowest BCUT2D eigenvalue weighted by Crippen LogP contribution is -2.04. The van der Waals surface area contributed by atoms with E-state index in [4.69, 9.17) is 4.74 Å². The Labute approximate surface area is 95.9 Å². The molecule has 0 fully saturated rings. The van der Waals surface area contributed by atoms with Gasteiger partial charge < -0.3 is 9.30 Å². The van der Waals surface area contributed by atoms with Crippen molar-refractivity contribution in [3.8, 4) is 0 Å². The molecule has 68 valence electrons. The van der Waals surface area contributed by atoms with E-state index in [1.165, 1.54) is 0 Å². The molecule has 0 atom stereocenters. The second-order valence-electron chi connectivity index (χ2n) is 2.11. The van der Waals surface area contributed by atoms with Crippen LogP contribution in [0.1, 0.15) is 0 Å². The van der Waals surface area contributed by atoms with E-state index in [0.29, 0.717) is 6.61 Å². The molecule has 0 amide bonds. The first-order valence-electron chi connectivity index (χ1n) is 3.22. The Bertz CT molecular complexity index is 274. The van der Waals surface area contributed by atoms with Crippen molar-refractivity contribution in [3.05, 3.63) is 13.9 Å². The van der Waals surface area contributed by atoms with E-state index in [0.717, 1.165) is 20.5 Å². The third kappa shape index (κ3) is 2.31. The number of imidazole rings is 1. The molecule has 1 aromatic rings. The van der Waals surface area contributed by atoms with Crippen LogP contribution in [0.4, 0.5) is 0 Å². The molecule has 1 aromatic heterocycles. The second-order valence-corrected chi connectivity index (χ2v) is 4.32. The van der Waals surface area contributed by atoms with Gasteiger partial charge in [0.2, 0.25) is 0 Å². The molecule has 0 spiro atoms. The SMILES string of the molecule is COCCn1c(Br)nc(Br)c1Br. The molecule has 0 N–H and O–H groups in total. The largest absolute Gasteiger partial charge is 0.383 e. The fraction of sp³-hybridized carbons (Fsp3) is 0.500. The average molecular weight is 363 g/mol. The minimum atomic E-state index is 0.667. The van der Waals surface area contributed by atoms with Crippen molar-refractivity contribution in [1.82, 2.24) is 9.55 Å². The summed E-state index contributed by atoms with van der Waals surface area (Å²) in [6, 6.07) is 0. The third-order valence-corrected chi connectivity index (χ3v) is 3.83. The lowest BCUT2D eigenvalue weighted by atomic mass is 10.7. The maximum atomic E-state index is 4.96. The van der Waals surface area contributed by atoms with Crippen LogP contribution >= 0.6 is 47.8 Å². The number of hydrogen-bond acceptors (Lipinski definition) is 2. The molecule has 1 heterocycles. The molecule has 0 unspecified atom stereocenters. The van der Waals surface area contributed by atoms with Crippen LogP contribution in [0.2, 0.25) is 0 Å². The number of nitrogens with zero attached hydrogens (tertiary/aromatic N) is 2. The molecule has 0 saturated carbocycles. The molecule has 12 heavy (non-hydrogen) atoms. The summed E-state index contributed by atoms with van der Waals surface area (Å²) in [6.07, 6.45) is 0. The lowest BCUT2D eigenvalue weighted by Gasteiger charge is -2.03. The van der Waals surface area contributed by atoms with Crippen LogP contribution in [0, 0.1) is 0 Å². The quantitative estimate of drug-likeness (QED) is 0.826. The van der Waals surface area contributed by atoms with Crippen LogP contribution < -0.4 is 0 Å². The van der Waals surface area contributed by atoms with Gasteiger partial charge in [-0.25, -0.2) is 4.98 Å². The van der Waals surface area contributed by atoms with Gasteiger partial charge in [-0.2, -0.15) is 0 Å². The van der Waals surface area contributed by atoms with E-state index in [1.807, 2.05) is 4.57 Å². The van der Waals surface area contributed by atoms with Crippen molar-refractivity contribution >= 4 is 47.8 Å². The van der Waals surface area contributed by atoms with Gasteiger partial charge in [-0.1, -0.05) is 0 Å². The minimum Gasteiger partial charge on any atom is -0.383 e. The highest BCUT2D eigenvalue weighted by Crippen LogP contribution is 2.26. The Morgan fingerprint density at radius 1 is 1.42 bits per heavy atom. The van der Waals surface area contributed by atoms with Gasteiger partial charge >= 0.3 is 0 Å². The smallest absolute Gasteiger partial charge is 0.179 e. The van der Waals surface area contributed by atoms with Crippen LogP contribution in [-0.2, 0) is 11.3 Å². The molecule has 0 aliphatic rings. The molecule has 0 aliphatic heterocycles. The number of rotatable bonds is 3. The van der Waals surface area contributed by atoms with E-state index in [2.05, 4.69) is 52.8 Å². The van der Waals surface area contributed by atoms with Crippen LogP contribution in [0.25, 0.3) is 0 Å². The summed E-state index contributed by atoms with van der Waals surface area (Å²) in [5.41, 5.74) is 0. The predicted molar refractivity (Wildman–Crippen MR) is 57.2 cm³/mol. The Morgan fingerprint density at radius 3 is 2.50 bits per heavy atom. The Balaban J connectivity index is 2.82. The second kappa shape index (κ2) is 4.74. The summed E-state index contributed by atoms with van der Waals surface area (Å²) < 4.78 is 9.43. The minimum absolute atomic E-state index is 0.667. The topological polar surface area (TPSA) is 27.1 Å². The van der Waals surface area contributed by atoms with Crippen molar-refractivity contribution in [2.75, 3.05) is 13.7 Å². The highest BCUT2D eigenvalue weighted by Gasteiger charge is 2.09. The van der Waals surface area contributed by atoms with E-state index >= 15 is 0 Å². The maximum absolute atomic E-state index is 4.96. The van der Waals surface area contributed by atoms with Crippen molar-refractivity contribution < 1.29 is 4.74 Å². The Hall–Kier alpha value is 0.610. The molecule has 0 aromatic carbocycles. The third-order valence-electron chi connectivity index (χ3n) is 1.34. The summed E-state index contributed by atoms with van der Waals surface area (Å²) in [4.78, 5) is 4.16. The lowest BCUT2D eigenvalue weighted by molar-refractivity contribution is 0.186. The predicted octanol–water partition coefficient (Wildman–Crippen LogP) is 2.82.